The second-order valence-electron chi connectivity index (χ2n) is 7.37. The maximum absolute atomic E-state index is 6.35. The number of fused-ring (bicyclic) bond motifs is 2. The lowest BCUT2D eigenvalue weighted by atomic mass is 9.91. The number of benzene rings is 1. The van der Waals surface area contributed by atoms with Gasteiger partial charge in [0.15, 0.2) is 7.98 Å². The molecule has 5 nitrogen and oxygen atoms in total. The van der Waals surface area contributed by atoms with Crippen molar-refractivity contribution in [2.24, 2.45) is 0 Å². The van der Waals surface area contributed by atoms with E-state index in [1.165, 1.54) is 0 Å². The fraction of sp³-hybridized carbons (Fsp3) is 0.333. The summed E-state index contributed by atoms with van der Waals surface area (Å²) in [6.07, 6.45) is 5.75. The van der Waals surface area contributed by atoms with Crippen molar-refractivity contribution in [3.8, 4) is 17.2 Å². The Labute approximate surface area is 168 Å². The van der Waals surface area contributed by atoms with Gasteiger partial charge in [-0.05, 0) is 50.9 Å². The van der Waals surface area contributed by atoms with Crippen LogP contribution in [0.2, 0.25) is 0 Å². The maximum atomic E-state index is 6.35. The zero-order valence-electron chi connectivity index (χ0n) is 15.7. The summed E-state index contributed by atoms with van der Waals surface area (Å²) in [5.74, 6) is 1.46. The largest absolute Gasteiger partial charge is 0.474 e. The molecule has 0 amide bonds. The second-order valence-corrected chi connectivity index (χ2v) is 8.23. The first-order valence-corrected chi connectivity index (χ1v) is 10.4. The van der Waals surface area contributed by atoms with Gasteiger partial charge in [-0.1, -0.05) is 18.2 Å². The molecule has 7 heteroatoms. The van der Waals surface area contributed by atoms with Gasteiger partial charge in [0.1, 0.15) is 28.6 Å². The number of hydrogen-bond acceptors (Lipinski definition) is 6. The highest BCUT2D eigenvalue weighted by Gasteiger charge is 2.25. The molecule has 0 bridgehead atoms. The molecule has 0 spiro atoms. The van der Waals surface area contributed by atoms with E-state index < -0.39 is 0 Å². The lowest BCUT2D eigenvalue weighted by molar-refractivity contribution is 0.123. The van der Waals surface area contributed by atoms with Gasteiger partial charge in [-0.15, -0.1) is 11.3 Å². The predicted molar refractivity (Wildman–Crippen MR) is 113 cm³/mol. The average molecular weight is 389 g/mol. The van der Waals surface area contributed by atoms with Gasteiger partial charge >= 0.3 is 0 Å². The SMILES string of the molecule is [B]N(C)C1CCC(Oc2ncnc3scc(-c4cc5ccccc5o4)c23)CC1. The summed E-state index contributed by atoms with van der Waals surface area (Å²) in [5.41, 5.74) is 1.86. The fourth-order valence-electron chi connectivity index (χ4n) is 3.96. The topological polar surface area (TPSA) is 51.4 Å². The van der Waals surface area contributed by atoms with Crippen LogP contribution in [0.5, 0.6) is 5.88 Å². The van der Waals surface area contributed by atoms with Gasteiger partial charge in [-0.2, -0.15) is 0 Å². The van der Waals surface area contributed by atoms with Crippen LogP contribution in [-0.2, 0) is 0 Å². The third-order valence-electron chi connectivity index (χ3n) is 5.52. The van der Waals surface area contributed by atoms with Crippen LogP contribution in [0, 0.1) is 0 Å². The van der Waals surface area contributed by atoms with Crippen molar-refractivity contribution in [3.63, 3.8) is 0 Å². The van der Waals surface area contributed by atoms with E-state index in [1.54, 1.807) is 17.7 Å². The number of nitrogens with zero attached hydrogens (tertiary/aromatic N) is 3. The van der Waals surface area contributed by atoms with Crippen LogP contribution < -0.4 is 4.74 Å². The summed E-state index contributed by atoms with van der Waals surface area (Å²) < 4.78 is 12.4. The average Bonchev–Trinajstić information content (AvgIpc) is 3.33. The Kier molecular flexibility index (Phi) is 4.57. The van der Waals surface area contributed by atoms with Crippen molar-refractivity contribution in [3.05, 3.63) is 42.0 Å². The molecule has 5 rings (SSSR count). The molecule has 2 radical (unpaired) electrons. The molecule has 4 aromatic rings. The van der Waals surface area contributed by atoms with Crippen LogP contribution in [0.25, 0.3) is 32.5 Å². The molecular formula is C21H20BN3O2S. The second kappa shape index (κ2) is 7.22. The molecule has 1 aliphatic rings. The predicted octanol–water partition coefficient (Wildman–Crippen LogP) is 4.81. The Balaban J connectivity index is 1.48. The molecule has 1 saturated carbocycles. The standard InChI is InChI=1S/C21H20BN3O2S/c1-25(22)14-6-8-15(9-7-14)26-20-19-16(11-28-21(19)24-12-23-20)18-10-13-4-2-3-5-17(13)27-18/h2-5,10-12,14-15H,6-9H2,1H3. The summed E-state index contributed by atoms with van der Waals surface area (Å²) in [7, 11) is 7.84. The summed E-state index contributed by atoms with van der Waals surface area (Å²) >= 11 is 1.58. The normalized spacial score (nSPS) is 20.2. The Bertz CT molecular complexity index is 1080. The zero-order chi connectivity index (χ0) is 19.1. The summed E-state index contributed by atoms with van der Waals surface area (Å²) in [5, 5.41) is 4.09. The van der Waals surface area contributed by atoms with E-state index in [4.69, 9.17) is 17.1 Å². The van der Waals surface area contributed by atoms with E-state index in [1.807, 2.05) is 30.1 Å². The maximum Gasteiger partial charge on any atom is 0.226 e. The molecule has 0 atom stereocenters. The van der Waals surface area contributed by atoms with Crippen molar-refractivity contribution in [1.29, 1.82) is 0 Å². The van der Waals surface area contributed by atoms with E-state index in [9.17, 15) is 0 Å². The zero-order valence-corrected chi connectivity index (χ0v) is 16.5. The third kappa shape index (κ3) is 3.18. The molecular weight excluding hydrogens is 369 g/mol. The van der Waals surface area contributed by atoms with Crippen molar-refractivity contribution in [1.82, 2.24) is 14.8 Å². The van der Waals surface area contributed by atoms with Crippen LogP contribution >= 0.6 is 11.3 Å². The van der Waals surface area contributed by atoms with E-state index in [0.717, 1.165) is 58.2 Å². The Morgan fingerprint density at radius 2 is 2.00 bits per heavy atom. The van der Waals surface area contributed by atoms with E-state index in [-0.39, 0.29) is 6.10 Å². The van der Waals surface area contributed by atoms with Crippen molar-refractivity contribution in [2.75, 3.05) is 7.05 Å². The van der Waals surface area contributed by atoms with Crippen LogP contribution in [0.15, 0.2) is 46.5 Å². The Morgan fingerprint density at radius 3 is 2.79 bits per heavy atom. The first-order chi connectivity index (χ1) is 13.7. The van der Waals surface area contributed by atoms with Crippen LogP contribution in [0.4, 0.5) is 0 Å². The smallest absolute Gasteiger partial charge is 0.226 e. The molecule has 140 valence electrons. The molecule has 0 N–H and O–H groups in total. The lowest BCUT2D eigenvalue weighted by Crippen LogP contribution is -2.36. The quantitative estimate of drug-likeness (QED) is 0.469. The first-order valence-electron chi connectivity index (χ1n) is 9.54. The van der Waals surface area contributed by atoms with Gasteiger partial charge < -0.3 is 14.0 Å². The minimum absolute atomic E-state index is 0.151. The summed E-state index contributed by atoms with van der Waals surface area (Å²) in [6, 6.07) is 10.5. The minimum atomic E-state index is 0.151. The molecule has 3 heterocycles. The van der Waals surface area contributed by atoms with E-state index >= 15 is 0 Å². The minimum Gasteiger partial charge on any atom is -0.474 e. The highest BCUT2D eigenvalue weighted by molar-refractivity contribution is 7.17. The molecule has 0 unspecified atom stereocenters. The number of ether oxygens (including phenoxy) is 1. The van der Waals surface area contributed by atoms with Crippen molar-refractivity contribution >= 4 is 40.5 Å². The Morgan fingerprint density at radius 1 is 1.18 bits per heavy atom. The molecule has 1 fully saturated rings. The molecule has 1 aromatic carbocycles. The Hall–Kier alpha value is -2.38. The molecule has 28 heavy (non-hydrogen) atoms. The van der Waals surface area contributed by atoms with Crippen molar-refractivity contribution < 1.29 is 9.15 Å². The van der Waals surface area contributed by atoms with Gasteiger partial charge in [0.25, 0.3) is 0 Å². The number of thiophene rings is 1. The summed E-state index contributed by atoms with van der Waals surface area (Å²) in [4.78, 5) is 11.6. The van der Waals surface area contributed by atoms with Crippen LogP contribution in [-0.4, -0.2) is 42.0 Å². The van der Waals surface area contributed by atoms with E-state index in [2.05, 4.69) is 27.5 Å². The number of para-hydroxylation sites is 1. The summed E-state index contributed by atoms with van der Waals surface area (Å²) in [6.45, 7) is 0. The van der Waals surface area contributed by atoms with Crippen LogP contribution in [0.3, 0.4) is 0 Å². The molecule has 0 saturated heterocycles. The number of hydrogen-bond donors (Lipinski definition) is 0. The molecule has 0 aliphatic heterocycles. The van der Waals surface area contributed by atoms with Crippen LogP contribution in [0.1, 0.15) is 25.7 Å². The molecule has 1 aliphatic carbocycles. The number of furan rings is 1. The highest BCUT2D eigenvalue weighted by Crippen LogP contribution is 2.40. The third-order valence-corrected chi connectivity index (χ3v) is 6.41. The monoisotopic (exact) mass is 389 g/mol. The highest BCUT2D eigenvalue weighted by atomic mass is 32.1. The van der Waals surface area contributed by atoms with Gasteiger partial charge in [-0.3, -0.25) is 0 Å². The number of aromatic nitrogens is 2. The fourth-order valence-corrected chi connectivity index (χ4v) is 4.85. The lowest BCUT2D eigenvalue weighted by Gasteiger charge is -2.33. The van der Waals surface area contributed by atoms with Gasteiger partial charge in [-0.25, -0.2) is 9.97 Å². The van der Waals surface area contributed by atoms with Gasteiger partial charge in [0.2, 0.25) is 5.88 Å². The van der Waals surface area contributed by atoms with E-state index in [0.29, 0.717) is 11.9 Å². The van der Waals surface area contributed by atoms with Gasteiger partial charge in [0.05, 0.1) is 5.39 Å². The number of rotatable bonds is 4. The van der Waals surface area contributed by atoms with Crippen molar-refractivity contribution in [2.45, 2.75) is 37.8 Å². The molecule has 3 aromatic heterocycles. The first kappa shape index (κ1) is 17.7. The van der Waals surface area contributed by atoms with Gasteiger partial charge in [0, 0.05) is 16.3 Å².